The van der Waals surface area contributed by atoms with Gasteiger partial charge in [0.05, 0.1) is 0 Å². The largest absolute Gasteiger partial charge is 0.322 e. The summed E-state index contributed by atoms with van der Waals surface area (Å²) >= 11 is 3.31. The van der Waals surface area contributed by atoms with E-state index >= 15 is 0 Å². The van der Waals surface area contributed by atoms with Gasteiger partial charge in [-0.15, -0.1) is 0 Å². The van der Waals surface area contributed by atoms with Gasteiger partial charge >= 0.3 is 0 Å². The summed E-state index contributed by atoms with van der Waals surface area (Å²) in [6.45, 7) is 2.79. The van der Waals surface area contributed by atoms with Gasteiger partial charge in [-0.1, -0.05) is 22.9 Å². The minimum Gasteiger partial charge on any atom is -0.322 e. The summed E-state index contributed by atoms with van der Waals surface area (Å²) in [6.07, 6.45) is 1.48. The molecule has 0 aliphatic carbocycles. The summed E-state index contributed by atoms with van der Waals surface area (Å²) in [5.41, 5.74) is 0.644. The van der Waals surface area contributed by atoms with E-state index in [2.05, 4.69) is 28.2 Å². The number of rotatable bonds is 4. The Bertz CT molecular complexity index is 940. The molecule has 0 aromatic heterocycles. The third kappa shape index (κ3) is 4.56. The lowest BCUT2D eigenvalue weighted by Crippen LogP contribution is -2.38. The van der Waals surface area contributed by atoms with Crippen LogP contribution in [-0.2, 0) is 10.0 Å². The van der Waals surface area contributed by atoms with Crippen molar-refractivity contribution in [3.63, 3.8) is 0 Å². The summed E-state index contributed by atoms with van der Waals surface area (Å²) in [4.78, 5) is 12.0. The molecule has 0 saturated carbocycles. The molecule has 1 N–H and O–H groups in total. The van der Waals surface area contributed by atoms with Crippen molar-refractivity contribution in [1.82, 2.24) is 4.31 Å². The highest BCUT2D eigenvalue weighted by Crippen LogP contribution is 2.26. The molecule has 0 bridgehead atoms. The lowest BCUT2D eigenvalue weighted by atomic mass is 10.0. The van der Waals surface area contributed by atoms with E-state index in [1.54, 1.807) is 24.3 Å². The molecule has 0 unspecified atom stereocenters. The summed E-state index contributed by atoms with van der Waals surface area (Å²) in [5, 5.41) is 2.68. The Morgan fingerprint density at radius 1 is 1.15 bits per heavy atom. The second-order valence-corrected chi connectivity index (χ2v) is 9.51. The number of nitrogens with zero attached hydrogens (tertiary/aromatic N) is 1. The van der Waals surface area contributed by atoms with Crippen LogP contribution in [-0.4, -0.2) is 31.7 Å². The molecule has 1 amide bonds. The first-order chi connectivity index (χ1) is 12.8. The van der Waals surface area contributed by atoms with Crippen molar-refractivity contribution in [3.8, 4) is 0 Å². The molecule has 1 saturated heterocycles. The predicted octanol–water partition coefficient (Wildman–Crippen LogP) is 4.26. The first-order valence-corrected chi connectivity index (χ1v) is 10.9. The SMILES string of the molecule is CC1CCN(S(=O)(=O)c2cc(C(=O)Nc3ccc(Br)cc3)ccc2F)CC1. The average Bonchev–Trinajstić information content (AvgIpc) is 2.64. The van der Waals surface area contributed by atoms with Crippen molar-refractivity contribution in [3.05, 3.63) is 58.3 Å². The molecule has 8 heteroatoms. The second kappa shape index (κ2) is 8.08. The maximum atomic E-state index is 14.3. The van der Waals surface area contributed by atoms with Gasteiger partial charge in [0, 0.05) is 28.8 Å². The van der Waals surface area contributed by atoms with Gasteiger partial charge in [0.25, 0.3) is 5.91 Å². The smallest absolute Gasteiger partial charge is 0.255 e. The quantitative estimate of drug-likeness (QED) is 0.750. The number of piperidine rings is 1. The predicted molar refractivity (Wildman–Crippen MR) is 106 cm³/mol. The zero-order valence-electron chi connectivity index (χ0n) is 14.8. The Labute approximate surface area is 166 Å². The number of anilines is 1. The monoisotopic (exact) mass is 454 g/mol. The fraction of sp³-hybridized carbons (Fsp3) is 0.316. The van der Waals surface area contributed by atoms with Gasteiger partial charge in [-0.2, -0.15) is 4.31 Å². The summed E-state index contributed by atoms with van der Waals surface area (Å²) in [7, 11) is -3.98. The highest BCUT2D eigenvalue weighted by molar-refractivity contribution is 9.10. The third-order valence-corrected chi connectivity index (χ3v) is 7.10. The maximum absolute atomic E-state index is 14.3. The number of sulfonamides is 1. The Balaban J connectivity index is 1.85. The number of carbonyl (C=O) groups excluding carboxylic acids is 1. The van der Waals surface area contributed by atoms with E-state index in [1.807, 2.05) is 0 Å². The second-order valence-electron chi connectivity index (χ2n) is 6.69. The van der Waals surface area contributed by atoms with Gasteiger partial charge in [-0.05, 0) is 61.2 Å². The molecule has 1 fully saturated rings. The van der Waals surface area contributed by atoms with Crippen LogP contribution >= 0.6 is 15.9 Å². The van der Waals surface area contributed by atoms with Crippen LogP contribution in [0.5, 0.6) is 0 Å². The number of benzene rings is 2. The third-order valence-electron chi connectivity index (χ3n) is 4.66. The molecular weight excluding hydrogens is 435 g/mol. The zero-order chi connectivity index (χ0) is 19.6. The molecule has 1 heterocycles. The number of carbonyl (C=O) groups is 1. The average molecular weight is 455 g/mol. The molecule has 2 aromatic carbocycles. The number of nitrogens with one attached hydrogen (secondary N) is 1. The van der Waals surface area contributed by atoms with E-state index in [0.717, 1.165) is 29.4 Å². The highest BCUT2D eigenvalue weighted by atomic mass is 79.9. The number of hydrogen-bond donors (Lipinski definition) is 1. The van der Waals surface area contributed by atoms with Crippen molar-refractivity contribution in [1.29, 1.82) is 0 Å². The fourth-order valence-electron chi connectivity index (χ4n) is 2.94. The summed E-state index contributed by atoms with van der Waals surface area (Å²) in [5.74, 6) is -0.904. The van der Waals surface area contributed by atoms with Crippen molar-refractivity contribution in [2.24, 2.45) is 5.92 Å². The standard InChI is InChI=1S/C19H20BrFN2O3S/c1-13-8-10-23(11-9-13)27(25,26)18-12-14(2-7-17(18)21)19(24)22-16-5-3-15(20)4-6-16/h2-7,12-13H,8-11H2,1H3,(H,22,24). The molecule has 5 nitrogen and oxygen atoms in total. The molecule has 1 aliphatic heterocycles. The summed E-state index contributed by atoms with van der Waals surface area (Å²) < 4.78 is 42.1. The Hall–Kier alpha value is -1.77. The number of amides is 1. The minimum absolute atomic E-state index is 0.0864. The van der Waals surface area contributed by atoms with E-state index < -0.39 is 26.6 Å². The Morgan fingerprint density at radius 2 is 1.78 bits per heavy atom. The molecule has 1 aliphatic rings. The molecule has 144 valence electrons. The maximum Gasteiger partial charge on any atom is 0.255 e. The van der Waals surface area contributed by atoms with Crippen molar-refractivity contribution in [2.45, 2.75) is 24.7 Å². The Morgan fingerprint density at radius 3 is 2.41 bits per heavy atom. The van der Waals surface area contributed by atoms with Crippen LogP contribution in [0.3, 0.4) is 0 Å². The summed E-state index contributed by atoms with van der Waals surface area (Å²) in [6, 6.07) is 10.4. The fourth-order valence-corrected chi connectivity index (χ4v) is 4.77. The van der Waals surface area contributed by atoms with Crippen molar-refractivity contribution in [2.75, 3.05) is 18.4 Å². The topological polar surface area (TPSA) is 66.5 Å². The molecule has 0 radical (unpaired) electrons. The van der Waals surface area contributed by atoms with Crippen molar-refractivity contribution < 1.29 is 17.6 Å². The van der Waals surface area contributed by atoms with E-state index in [9.17, 15) is 17.6 Å². The van der Waals surface area contributed by atoms with Crippen LogP contribution in [0.2, 0.25) is 0 Å². The first-order valence-electron chi connectivity index (χ1n) is 8.64. The van der Waals surface area contributed by atoms with Gasteiger partial charge in [-0.25, -0.2) is 12.8 Å². The number of hydrogen-bond acceptors (Lipinski definition) is 3. The van der Waals surface area contributed by atoms with E-state index in [-0.39, 0.29) is 5.56 Å². The van der Waals surface area contributed by atoms with Gasteiger partial charge in [0.2, 0.25) is 10.0 Å². The van der Waals surface area contributed by atoms with Gasteiger partial charge in [0.15, 0.2) is 0 Å². The van der Waals surface area contributed by atoms with Crippen LogP contribution < -0.4 is 5.32 Å². The minimum atomic E-state index is -3.98. The highest BCUT2D eigenvalue weighted by Gasteiger charge is 2.31. The molecule has 0 atom stereocenters. The van der Waals surface area contributed by atoms with E-state index in [1.165, 1.54) is 10.4 Å². The molecular formula is C19H20BrFN2O3S. The molecule has 0 spiro atoms. The van der Waals surface area contributed by atoms with Crippen LogP contribution in [0.15, 0.2) is 51.8 Å². The van der Waals surface area contributed by atoms with Crippen LogP contribution in [0.1, 0.15) is 30.1 Å². The molecule has 3 rings (SSSR count). The first kappa shape index (κ1) is 20.0. The molecule has 27 heavy (non-hydrogen) atoms. The van der Waals surface area contributed by atoms with Crippen molar-refractivity contribution >= 4 is 37.5 Å². The van der Waals surface area contributed by atoms with Crippen LogP contribution in [0.4, 0.5) is 10.1 Å². The lowest BCUT2D eigenvalue weighted by Gasteiger charge is -2.29. The van der Waals surface area contributed by atoms with E-state index in [0.29, 0.717) is 24.7 Å². The normalized spacial score (nSPS) is 16.3. The van der Waals surface area contributed by atoms with Crippen LogP contribution in [0, 0.1) is 11.7 Å². The Kier molecular flexibility index (Phi) is 5.98. The van der Waals surface area contributed by atoms with Gasteiger partial charge < -0.3 is 5.32 Å². The molecule has 2 aromatic rings. The van der Waals surface area contributed by atoms with Gasteiger partial charge in [-0.3, -0.25) is 4.79 Å². The lowest BCUT2D eigenvalue weighted by molar-refractivity contribution is 0.102. The van der Waals surface area contributed by atoms with Gasteiger partial charge in [0.1, 0.15) is 10.7 Å². The zero-order valence-corrected chi connectivity index (χ0v) is 17.2. The van der Waals surface area contributed by atoms with Crippen LogP contribution in [0.25, 0.3) is 0 Å². The van der Waals surface area contributed by atoms with E-state index in [4.69, 9.17) is 0 Å². The number of halogens is 2.